The van der Waals surface area contributed by atoms with Crippen LogP contribution in [0.15, 0.2) is 6.07 Å². The average Bonchev–Trinajstić information content (AvgIpc) is 2.80. The lowest BCUT2D eigenvalue weighted by Gasteiger charge is -2.06. The molecule has 1 heterocycles. The van der Waals surface area contributed by atoms with Crippen LogP contribution in [0.4, 0.5) is 5.00 Å². The second-order valence-corrected chi connectivity index (χ2v) is 5.12. The van der Waals surface area contributed by atoms with Gasteiger partial charge in [0.05, 0.1) is 18.7 Å². The van der Waals surface area contributed by atoms with Crippen LogP contribution >= 0.6 is 11.3 Å². The van der Waals surface area contributed by atoms with E-state index >= 15 is 0 Å². The van der Waals surface area contributed by atoms with E-state index in [0.29, 0.717) is 10.6 Å². The number of esters is 1. The summed E-state index contributed by atoms with van der Waals surface area (Å²) in [5.74, 6) is -1.13. The number of rotatable bonds is 6. The van der Waals surface area contributed by atoms with E-state index in [9.17, 15) is 14.4 Å². The first-order chi connectivity index (χ1) is 9.47. The number of amides is 2. The minimum absolute atomic E-state index is 0.128. The van der Waals surface area contributed by atoms with E-state index in [-0.39, 0.29) is 25.0 Å². The van der Waals surface area contributed by atoms with E-state index in [4.69, 9.17) is 4.74 Å². The Kier molecular flexibility index (Phi) is 6.17. The van der Waals surface area contributed by atoms with Gasteiger partial charge in [-0.1, -0.05) is 6.92 Å². The molecule has 0 spiro atoms. The van der Waals surface area contributed by atoms with Gasteiger partial charge in [-0.3, -0.25) is 9.59 Å². The molecule has 1 rings (SSSR count). The Morgan fingerprint density at radius 2 is 2.00 bits per heavy atom. The maximum atomic E-state index is 11.8. The Morgan fingerprint density at radius 3 is 2.55 bits per heavy atom. The van der Waals surface area contributed by atoms with Crippen LogP contribution < -0.4 is 10.6 Å². The molecule has 0 radical (unpaired) electrons. The van der Waals surface area contributed by atoms with Gasteiger partial charge in [0.15, 0.2) is 0 Å². The minimum atomic E-state index is -0.460. The molecule has 7 heteroatoms. The Morgan fingerprint density at radius 1 is 1.30 bits per heavy atom. The number of carbonyl (C=O) groups is 3. The highest BCUT2D eigenvalue weighted by molar-refractivity contribution is 7.16. The molecule has 0 aliphatic rings. The van der Waals surface area contributed by atoms with Gasteiger partial charge in [0.1, 0.15) is 5.00 Å². The molecule has 6 nitrogen and oxygen atoms in total. The Balaban J connectivity index is 2.82. The van der Waals surface area contributed by atoms with Crippen molar-refractivity contribution in [2.45, 2.75) is 27.2 Å². The van der Waals surface area contributed by atoms with Gasteiger partial charge in [-0.2, -0.15) is 0 Å². The molecule has 1 aromatic heterocycles. The monoisotopic (exact) mass is 298 g/mol. The molecule has 0 atom stereocenters. The number of hydrogen-bond acceptors (Lipinski definition) is 5. The van der Waals surface area contributed by atoms with Gasteiger partial charge in [0.2, 0.25) is 11.8 Å². The summed E-state index contributed by atoms with van der Waals surface area (Å²) < 4.78 is 4.95. The van der Waals surface area contributed by atoms with Crippen molar-refractivity contribution in [1.29, 1.82) is 0 Å². The van der Waals surface area contributed by atoms with Gasteiger partial charge < -0.3 is 15.4 Å². The van der Waals surface area contributed by atoms with Crippen molar-refractivity contribution in [2.24, 2.45) is 0 Å². The van der Waals surface area contributed by atoms with Gasteiger partial charge in [0, 0.05) is 11.8 Å². The molecule has 0 saturated heterocycles. The summed E-state index contributed by atoms with van der Waals surface area (Å²) in [5.41, 5.74) is 0.352. The number of thiophene rings is 1. The lowest BCUT2D eigenvalue weighted by Crippen LogP contribution is -2.31. The molecule has 0 aromatic carbocycles. The third-order valence-corrected chi connectivity index (χ3v) is 3.57. The molecule has 2 N–H and O–H groups in total. The van der Waals surface area contributed by atoms with Crippen LogP contribution in [0.3, 0.4) is 0 Å². The zero-order valence-electron chi connectivity index (χ0n) is 11.7. The molecule has 0 bridgehead atoms. The zero-order chi connectivity index (χ0) is 15.1. The first-order valence-corrected chi connectivity index (χ1v) is 7.13. The maximum absolute atomic E-state index is 11.8. The number of hydrogen-bond donors (Lipinski definition) is 2. The van der Waals surface area contributed by atoms with Crippen LogP contribution in [0.25, 0.3) is 0 Å². The molecule has 20 heavy (non-hydrogen) atoms. The van der Waals surface area contributed by atoms with Crippen LogP contribution in [0, 0.1) is 0 Å². The van der Waals surface area contributed by atoms with E-state index in [0.717, 1.165) is 11.3 Å². The fourth-order valence-corrected chi connectivity index (χ4v) is 2.45. The third-order valence-electron chi connectivity index (χ3n) is 2.38. The highest BCUT2D eigenvalue weighted by atomic mass is 32.1. The van der Waals surface area contributed by atoms with E-state index in [1.54, 1.807) is 13.0 Å². The van der Waals surface area contributed by atoms with Crippen LogP contribution in [-0.4, -0.2) is 30.9 Å². The van der Waals surface area contributed by atoms with E-state index in [1.807, 2.05) is 6.92 Å². The average molecular weight is 298 g/mol. The molecular weight excluding hydrogens is 280 g/mol. The summed E-state index contributed by atoms with van der Waals surface area (Å²) >= 11 is 1.33. The van der Waals surface area contributed by atoms with Gasteiger partial charge in [-0.15, -0.1) is 11.3 Å². The summed E-state index contributed by atoms with van der Waals surface area (Å²) in [7, 11) is 0. The maximum Gasteiger partial charge on any atom is 0.341 e. The fraction of sp³-hybridized carbons (Fsp3) is 0.462. The molecule has 0 saturated carbocycles. The highest BCUT2D eigenvalue weighted by Crippen LogP contribution is 2.29. The van der Waals surface area contributed by atoms with Gasteiger partial charge in [-0.25, -0.2) is 4.79 Å². The minimum Gasteiger partial charge on any atom is -0.462 e. The Labute approximate surface area is 121 Å². The van der Waals surface area contributed by atoms with E-state index in [2.05, 4.69) is 10.6 Å². The number of aryl methyl sites for hydroxylation is 1. The second-order valence-electron chi connectivity index (χ2n) is 3.99. The summed E-state index contributed by atoms with van der Waals surface area (Å²) in [4.78, 5) is 35.2. The number of carbonyl (C=O) groups excluding carboxylic acids is 3. The lowest BCUT2D eigenvalue weighted by molar-refractivity contribution is -0.122. The zero-order valence-corrected chi connectivity index (χ0v) is 12.6. The molecule has 0 unspecified atom stereocenters. The normalized spacial score (nSPS) is 9.95. The topological polar surface area (TPSA) is 84.5 Å². The van der Waals surface area contributed by atoms with Gasteiger partial charge >= 0.3 is 5.97 Å². The molecule has 0 fully saturated rings. The first kappa shape index (κ1) is 16.2. The summed E-state index contributed by atoms with van der Waals surface area (Å²) in [5, 5.41) is 5.48. The standard InChI is InChI=1S/C13H18N2O4S/c1-4-9-6-10(13(18)19-5-2)12(20-9)15-11(17)7-14-8(3)16/h6H,4-5,7H2,1-3H3,(H,14,16)(H,15,17). The summed E-state index contributed by atoms with van der Waals surface area (Å²) in [6, 6.07) is 1.72. The lowest BCUT2D eigenvalue weighted by atomic mass is 10.2. The molecule has 0 aliphatic heterocycles. The predicted molar refractivity (Wildman–Crippen MR) is 77.0 cm³/mol. The van der Waals surface area contributed by atoms with Crippen molar-refractivity contribution in [2.75, 3.05) is 18.5 Å². The van der Waals surface area contributed by atoms with Gasteiger partial charge in [-0.05, 0) is 19.4 Å². The largest absolute Gasteiger partial charge is 0.462 e. The SMILES string of the molecule is CCOC(=O)c1cc(CC)sc1NC(=O)CNC(C)=O. The Hall–Kier alpha value is -1.89. The summed E-state index contributed by atoms with van der Waals surface area (Å²) in [6.07, 6.45) is 0.763. The van der Waals surface area contributed by atoms with E-state index < -0.39 is 5.97 Å². The van der Waals surface area contributed by atoms with Crippen molar-refractivity contribution in [1.82, 2.24) is 5.32 Å². The Bertz CT molecular complexity index is 510. The van der Waals surface area contributed by atoms with Crippen molar-refractivity contribution < 1.29 is 19.1 Å². The van der Waals surface area contributed by atoms with Crippen LogP contribution in [-0.2, 0) is 20.7 Å². The molecule has 0 aliphatic carbocycles. The highest BCUT2D eigenvalue weighted by Gasteiger charge is 2.18. The van der Waals surface area contributed by atoms with Crippen LogP contribution in [0.1, 0.15) is 36.0 Å². The molecule has 2 amide bonds. The van der Waals surface area contributed by atoms with Gasteiger partial charge in [0.25, 0.3) is 0 Å². The van der Waals surface area contributed by atoms with Crippen LogP contribution in [0.5, 0.6) is 0 Å². The second kappa shape index (κ2) is 7.64. The summed E-state index contributed by atoms with van der Waals surface area (Å²) in [6.45, 7) is 5.16. The molecular formula is C13H18N2O4S. The molecule has 110 valence electrons. The first-order valence-electron chi connectivity index (χ1n) is 6.32. The quantitative estimate of drug-likeness (QED) is 0.781. The number of anilines is 1. The third kappa shape index (κ3) is 4.65. The number of ether oxygens (including phenoxy) is 1. The van der Waals surface area contributed by atoms with Crippen molar-refractivity contribution in [3.8, 4) is 0 Å². The number of nitrogens with one attached hydrogen (secondary N) is 2. The van der Waals surface area contributed by atoms with Crippen molar-refractivity contribution in [3.05, 3.63) is 16.5 Å². The fourth-order valence-electron chi connectivity index (χ4n) is 1.45. The van der Waals surface area contributed by atoms with E-state index in [1.165, 1.54) is 18.3 Å². The smallest absolute Gasteiger partial charge is 0.341 e. The van der Waals surface area contributed by atoms with Crippen LogP contribution in [0.2, 0.25) is 0 Å². The van der Waals surface area contributed by atoms with Crippen molar-refractivity contribution >= 4 is 34.1 Å². The van der Waals surface area contributed by atoms with Crippen molar-refractivity contribution in [3.63, 3.8) is 0 Å². The molecule has 1 aromatic rings. The predicted octanol–water partition coefficient (Wildman–Crippen LogP) is 1.56.